The smallest absolute Gasteiger partial charge is 0.143 e. The Morgan fingerprint density at radius 3 is 2.74 bits per heavy atom. The number of benzene rings is 1. The Bertz CT molecular complexity index is 655. The molecule has 2 aromatic rings. The zero-order chi connectivity index (χ0) is 16.8. The minimum atomic E-state index is -0.141. The third kappa shape index (κ3) is 3.94. The molecule has 0 saturated heterocycles. The zero-order valence-electron chi connectivity index (χ0n) is 14.2. The van der Waals surface area contributed by atoms with Gasteiger partial charge in [-0.05, 0) is 30.4 Å². The SMILES string of the molecule is CCCCOc1c(CC(C)C)cc2c(CC=O)coc2c1CO. The van der Waals surface area contributed by atoms with Crippen molar-refractivity contribution in [2.45, 2.75) is 53.1 Å². The zero-order valence-corrected chi connectivity index (χ0v) is 14.2. The largest absolute Gasteiger partial charge is 0.493 e. The van der Waals surface area contributed by atoms with E-state index >= 15 is 0 Å². The molecule has 1 N–H and O–H groups in total. The highest BCUT2D eigenvalue weighted by molar-refractivity contribution is 5.88. The maximum Gasteiger partial charge on any atom is 0.143 e. The molecule has 0 aliphatic heterocycles. The molecule has 0 aliphatic carbocycles. The summed E-state index contributed by atoms with van der Waals surface area (Å²) in [4.78, 5) is 10.9. The van der Waals surface area contributed by atoms with E-state index in [0.717, 1.165) is 47.8 Å². The second-order valence-corrected chi connectivity index (χ2v) is 6.31. The fourth-order valence-electron chi connectivity index (χ4n) is 2.81. The summed E-state index contributed by atoms with van der Waals surface area (Å²) in [5.74, 6) is 1.21. The minimum Gasteiger partial charge on any atom is -0.493 e. The molecule has 1 aromatic heterocycles. The summed E-state index contributed by atoms with van der Waals surface area (Å²) in [6, 6.07) is 2.05. The lowest BCUT2D eigenvalue weighted by Crippen LogP contribution is -2.06. The molecule has 0 aliphatic rings. The van der Waals surface area contributed by atoms with E-state index in [1.807, 2.05) is 0 Å². The summed E-state index contributed by atoms with van der Waals surface area (Å²) in [5, 5.41) is 10.8. The first kappa shape index (κ1) is 17.5. The molecular weight excluding hydrogens is 292 g/mol. The van der Waals surface area contributed by atoms with E-state index in [1.54, 1.807) is 6.26 Å². The van der Waals surface area contributed by atoms with Crippen LogP contribution in [0.15, 0.2) is 16.7 Å². The van der Waals surface area contributed by atoms with E-state index in [0.29, 0.717) is 30.1 Å². The fraction of sp³-hybridized carbons (Fsp3) is 0.526. The molecule has 4 heteroatoms. The van der Waals surface area contributed by atoms with Crippen molar-refractivity contribution in [1.29, 1.82) is 0 Å². The number of carbonyl (C=O) groups is 1. The number of carbonyl (C=O) groups excluding carboxylic acids is 1. The van der Waals surface area contributed by atoms with E-state index in [1.165, 1.54) is 0 Å². The van der Waals surface area contributed by atoms with Gasteiger partial charge in [0, 0.05) is 17.4 Å². The van der Waals surface area contributed by atoms with Crippen LogP contribution in [0.1, 0.15) is 50.3 Å². The molecule has 0 bridgehead atoms. The van der Waals surface area contributed by atoms with Crippen LogP contribution in [0.5, 0.6) is 5.75 Å². The van der Waals surface area contributed by atoms with E-state index in [-0.39, 0.29) is 6.61 Å². The van der Waals surface area contributed by atoms with Gasteiger partial charge < -0.3 is 19.1 Å². The lowest BCUT2D eigenvalue weighted by molar-refractivity contribution is -0.107. The lowest BCUT2D eigenvalue weighted by Gasteiger charge is -2.17. The van der Waals surface area contributed by atoms with Gasteiger partial charge in [0.2, 0.25) is 0 Å². The van der Waals surface area contributed by atoms with Gasteiger partial charge >= 0.3 is 0 Å². The Hall–Kier alpha value is -1.81. The predicted octanol–water partition coefficient (Wildman–Crippen LogP) is 4.04. The van der Waals surface area contributed by atoms with Gasteiger partial charge in [-0.3, -0.25) is 0 Å². The van der Waals surface area contributed by atoms with Crippen LogP contribution in [0.25, 0.3) is 11.0 Å². The van der Waals surface area contributed by atoms with Crippen molar-refractivity contribution in [2.24, 2.45) is 5.92 Å². The lowest BCUT2D eigenvalue weighted by atomic mass is 9.96. The standard InChI is InChI=1S/C19H26O4/c1-4-5-8-22-18-15(9-13(2)3)10-16-14(6-7-20)12-23-19(16)17(18)11-21/h7,10,12-13,21H,4-6,8-9,11H2,1-3H3. The molecule has 1 aromatic carbocycles. The van der Waals surface area contributed by atoms with Crippen LogP contribution in [0.4, 0.5) is 0 Å². The van der Waals surface area contributed by atoms with Crippen molar-refractivity contribution in [2.75, 3.05) is 6.61 Å². The number of hydrogen-bond donors (Lipinski definition) is 1. The Kier molecular flexibility index (Phi) is 6.22. The van der Waals surface area contributed by atoms with Crippen molar-refractivity contribution in [1.82, 2.24) is 0 Å². The van der Waals surface area contributed by atoms with Gasteiger partial charge in [0.25, 0.3) is 0 Å². The molecule has 23 heavy (non-hydrogen) atoms. The number of fused-ring (bicyclic) bond motifs is 1. The first-order valence-corrected chi connectivity index (χ1v) is 8.34. The summed E-state index contributed by atoms with van der Waals surface area (Å²) in [6.45, 7) is 6.91. The number of aliphatic hydroxyl groups excluding tert-OH is 1. The van der Waals surface area contributed by atoms with Gasteiger partial charge in [-0.1, -0.05) is 27.2 Å². The first-order valence-electron chi connectivity index (χ1n) is 8.34. The summed E-state index contributed by atoms with van der Waals surface area (Å²) >= 11 is 0. The Labute approximate surface area is 137 Å². The van der Waals surface area contributed by atoms with Crippen LogP contribution >= 0.6 is 0 Å². The second-order valence-electron chi connectivity index (χ2n) is 6.31. The number of rotatable bonds is 9. The molecule has 126 valence electrons. The molecule has 0 spiro atoms. The molecular formula is C19H26O4. The quantitative estimate of drug-likeness (QED) is 0.560. The number of aldehydes is 1. The Balaban J connectivity index is 2.56. The molecule has 0 amide bonds. The Morgan fingerprint density at radius 1 is 1.35 bits per heavy atom. The summed E-state index contributed by atoms with van der Waals surface area (Å²) in [7, 11) is 0. The number of hydrogen-bond acceptors (Lipinski definition) is 4. The highest BCUT2D eigenvalue weighted by Crippen LogP contribution is 2.36. The summed E-state index contributed by atoms with van der Waals surface area (Å²) < 4.78 is 11.6. The van der Waals surface area contributed by atoms with Crippen LogP contribution in [-0.4, -0.2) is 18.0 Å². The molecule has 0 atom stereocenters. The van der Waals surface area contributed by atoms with E-state index in [4.69, 9.17) is 9.15 Å². The Morgan fingerprint density at radius 2 is 2.13 bits per heavy atom. The molecule has 0 saturated carbocycles. The average molecular weight is 318 g/mol. The van der Waals surface area contributed by atoms with Crippen LogP contribution in [0, 0.1) is 5.92 Å². The molecule has 4 nitrogen and oxygen atoms in total. The molecule has 2 rings (SSSR count). The molecule has 0 unspecified atom stereocenters. The van der Waals surface area contributed by atoms with Crippen LogP contribution in [-0.2, 0) is 24.2 Å². The number of aliphatic hydroxyl groups is 1. The summed E-state index contributed by atoms with van der Waals surface area (Å²) in [5.41, 5.74) is 3.24. The van der Waals surface area contributed by atoms with Crippen LogP contribution in [0.3, 0.4) is 0 Å². The maximum atomic E-state index is 10.9. The normalized spacial score (nSPS) is 11.3. The highest BCUT2D eigenvalue weighted by Gasteiger charge is 2.19. The number of unbranched alkanes of at least 4 members (excludes halogenated alkanes) is 1. The monoisotopic (exact) mass is 318 g/mol. The highest BCUT2D eigenvalue weighted by atomic mass is 16.5. The van der Waals surface area contributed by atoms with Crippen molar-refractivity contribution < 1.29 is 19.1 Å². The summed E-state index contributed by atoms with van der Waals surface area (Å²) in [6.07, 6.45) is 5.67. The molecule has 1 heterocycles. The fourth-order valence-corrected chi connectivity index (χ4v) is 2.81. The van der Waals surface area contributed by atoms with Crippen molar-refractivity contribution >= 4 is 17.3 Å². The van der Waals surface area contributed by atoms with Gasteiger partial charge in [0.1, 0.15) is 17.6 Å². The third-order valence-electron chi connectivity index (χ3n) is 3.90. The van der Waals surface area contributed by atoms with Crippen LogP contribution < -0.4 is 4.74 Å². The third-order valence-corrected chi connectivity index (χ3v) is 3.90. The second kappa shape index (κ2) is 8.16. The molecule has 0 fully saturated rings. The predicted molar refractivity (Wildman–Crippen MR) is 90.8 cm³/mol. The van der Waals surface area contributed by atoms with E-state index in [9.17, 15) is 9.90 Å². The maximum absolute atomic E-state index is 10.9. The number of ether oxygens (including phenoxy) is 1. The topological polar surface area (TPSA) is 59.7 Å². The van der Waals surface area contributed by atoms with Crippen LogP contribution in [0.2, 0.25) is 0 Å². The van der Waals surface area contributed by atoms with E-state index in [2.05, 4.69) is 26.8 Å². The van der Waals surface area contributed by atoms with Gasteiger partial charge in [0.05, 0.1) is 25.0 Å². The van der Waals surface area contributed by atoms with Crippen molar-refractivity contribution in [3.63, 3.8) is 0 Å². The first-order chi connectivity index (χ1) is 11.1. The number of furan rings is 1. The van der Waals surface area contributed by atoms with Gasteiger partial charge in [-0.2, -0.15) is 0 Å². The van der Waals surface area contributed by atoms with Crippen molar-refractivity contribution in [3.8, 4) is 5.75 Å². The van der Waals surface area contributed by atoms with Crippen molar-refractivity contribution in [3.05, 3.63) is 29.0 Å². The van der Waals surface area contributed by atoms with E-state index < -0.39 is 0 Å². The average Bonchev–Trinajstić information content (AvgIpc) is 2.90. The minimum absolute atomic E-state index is 0.141. The van der Waals surface area contributed by atoms with Gasteiger partial charge in [-0.15, -0.1) is 0 Å². The molecule has 0 radical (unpaired) electrons. The van der Waals surface area contributed by atoms with Gasteiger partial charge in [-0.25, -0.2) is 0 Å². The van der Waals surface area contributed by atoms with Gasteiger partial charge in [0.15, 0.2) is 0 Å².